The molecule has 0 radical (unpaired) electrons. The van der Waals surface area contributed by atoms with Crippen LogP contribution >= 0.6 is 49.2 Å². The third-order valence-electron chi connectivity index (χ3n) is 1.05. The number of hydrogen-bond donors (Lipinski definition) is 0. The molecule has 0 spiro atoms. The molecule has 0 saturated carbocycles. The van der Waals surface area contributed by atoms with E-state index in [0.29, 0.717) is 8.17 Å². The van der Waals surface area contributed by atoms with Crippen LogP contribution in [0, 0.1) is 3.70 Å². The van der Waals surface area contributed by atoms with Crippen molar-refractivity contribution in [2.45, 2.75) is 4.90 Å². The molecule has 0 aliphatic heterocycles. The zero-order valence-electron chi connectivity index (χ0n) is 5.46. The summed E-state index contributed by atoms with van der Waals surface area (Å²) in [5.74, 6) is 0. The van der Waals surface area contributed by atoms with Gasteiger partial charge in [-0.3, -0.25) is 0 Å². The Balaban J connectivity index is 3.33. The summed E-state index contributed by atoms with van der Waals surface area (Å²) < 4.78 is 22.9. The van der Waals surface area contributed by atoms with Gasteiger partial charge in [0.25, 0.3) is 9.05 Å². The van der Waals surface area contributed by atoms with E-state index in [1.807, 2.05) is 22.6 Å². The van der Waals surface area contributed by atoms with Crippen molar-refractivity contribution >= 4 is 58.3 Å². The summed E-state index contributed by atoms with van der Waals surface area (Å²) >= 11 is 5.12. The first-order valence-corrected chi connectivity index (χ1v) is 6.85. The van der Waals surface area contributed by atoms with Crippen LogP contribution in [-0.4, -0.2) is 13.4 Å². The molecule has 1 aromatic heterocycles. The topological polar surface area (TPSA) is 47.0 Å². The van der Waals surface area contributed by atoms with Crippen molar-refractivity contribution < 1.29 is 8.42 Å². The largest absolute Gasteiger partial charge is 0.262 e. The summed E-state index contributed by atoms with van der Waals surface area (Å²) in [5.41, 5.74) is 0. The molecular weight excluding hydrogens is 380 g/mol. The highest BCUT2D eigenvalue weighted by molar-refractivity contribution is 14.1. The standard InChI is InChI=1S/C5H2BrClINO2S/c6-4-1-3(12(7,10)11)2-9-5(4)8/h1-2H. The fraction of sp³-hybridized carbons (Fsp3) is 0. The highest BCUT2D eigenvalue weighted by Crippen LogP contribution is 2.22. The van der Waals surface area contributed by atoms with Crippen molar-refractivity contribution in [2.75, 3.05) is 0 Å². The number of hydrogen-bond acceptors (Lipinski definition) is 3. The lowest BCUT2D eigenvalue weighted by molar-refractivity contribution is 0.609. The molecule has 0 atom stereocenters. The van der Waals surface area contributed by atoms with Gasteiger partial charge in [-0.1, -0.05) is 0 Å². The molecule has 0 aliphatic carbocycles. The lowest BCUT2D eigenvalue weighted by atomic mass is 10.5. The van der Waals surface area contributed by atoms with Crippen molar-refractivity contribution in [2.24, 2.45) is 0 Å². The zero-order chi connectivity index (χ0) is 9.35. The first-order chi connectivity index (χ1) is 5.41. The Hall–Kier alpha value is 0.600. The zero-order valence-corrected chi connectivity index (χ0v) is 10.8. The van der Waals surface area contributed by atoms with Gasteiger partial charge < -0.3 is 0 Å². The minimum atomic E-state index is -3.67. The van der Waals surface area contributed by atoms with Crippen molar-refractivity contribution in [3.63, 3.8) is 0 Å². The highest BCUT2D eigenvalue weighted by atomic mass is 127. The average Bonchev–Trinajstić information content (AvgIpc) is 1.92. The molecule has 0 amide bonds. The SMILES string of the molecule is O=S(=O)(Cl)c1cnc(I)c(Br)c1. The Bertz CT molecular complexity index is 408. The van der Waals surface area contributed by atoms with E-state index >= 15 is 0 Å². The van der Waals surface area contributed by atoms with Gasteiger partial charge in [-0.25, -0.2) is 13.4 Å². The maximum Gasteiger partial charge on any atom is 0.262 e. The van der Waals surface area contributed by atoms with Gasteiger partial charge in [-0.2, -0.15) is 0 Å². The molecule has 3 nitrogen and oxygen atoms in total. The number of aromatic nitrogens is 1. The Morgan fingerprint density at radius 1 is 1.58 bits per heavy atom. The summed E-state index contributed by atoms with van der Waals surface area (Å²) in [4.78, 5) is 3.82. The van der Waals surface area contributed by atoms with Crippen LogP contribution in [-0.2, 0) is 9.05 Å². The van der Waals surface area contributed by atoms with E-state index in [9.17, 15) is 8.42 Å². The lowest BCUT2D eigenvalue weighted by Gasteiger charge is -1.97. The average molecular weight is 382 g/mol. The number of halogens is 3. The van der Waals surface area contributed by atoms with Gasteiger partial charge in [-0.05, 0) is 44.6 Å². The van der Waals surface area contributed by atoms with E-state index in [1.54, 1.807) is 0 Å². The fourth-order valence-electron chi connectivity index (χ4n) is 0.537. The van der Waals surface area contributed by atoms with Crippen LogP contribution in [0.25, 0.3) is 0 Å². The summed E-state index contributed by atoms with van der Waals surface area (Å²) in [6.07, 6.45) is 1.22. The van der Waals surface area contributed by atoms with E-state index in [0.717, 1.165) is 0 Å². The third kappa shape index (κ3) is 2.54. The number of pyridine rings is 1. The van der Waals surface area contributed by atoms with Gasteiger partial charge in [0.1, 0.15) is 8.60 Å². The lowest BCUT2D eigenvalue weighted by Crippen LogP contribution is -1.93. The molecule has 1 aromatic rings. The molecule has 1 rings (SSSR count). The predicted molar refractivity (Wildman–Crippen MR) is 57.7 cm³/mol. The Morgan fingerprint density at radius 2 is 2.17 bits per heavy atom. The molecule has 0 fully saturated rings. The molecule has 0 aliphatic rings. The predicted octanol–water partition coefficient (Wildman–Crippen LogP) is 2.38. The van der Waals surface area contributed by atoms with Crippen molar-refractivity contribution in [3.05, 3.63) is 20.4 Å². The first-order valence-electron chi connectivity index (χ1n) is 2.67. The smallest absolute Gasteiger partial charge is 0.248 e. The summed E-state index contributed by atoms with van der Waals surface area (Å²) in [6.45, 7) is 0. The molecular formula is C5H2BrClINO2S. The summed E-state index contributed by atoms with van der Waals surface area (Å²) in [6, 6.07) is 1.41. The Morgan fingerprint density at radius 3 is 2.58 bits per heavy atom. The Labute approximate surface area is 96.2 Å². The fourth-order valence-corrected chi connectivity index (χ4v) is 2.02. The van der Waals surface area contributed by atoms with E-state index in [-0.39, 0.29) is 4.90 Å². The van der Waals surface area contributed by atoms with Crippen molar-refractivity contribution in [1.82, 2.24) is 4.98 Å². The first kappa shape index (κ1) is 10.7. The maximum atomic E-state index is 10.8. The van der Waals surface area contributed by atoms with Crippen LogP contribution < -0.4 is 0 Å². The number of nitrogens with zero attached hydrogens (tertiary/aromatic N) is 1. The highest BCUT2D eigenvalue weighted by Gasteiger charge is 2.11. The van der Waals surface area contributed by atoms with Gasteiger partial charge in [-0.15, -0.1) is 0 Å². The van der Waals surface area contributed by atoms with Gasteiger partial charge in [0, 0.05) is 16.9 Å². The van der Waals surface area contributed by atoms with Crippen LogP contribution in [0.15, 0.2) is 21.6 Å². The van der Waals surface area contributed by atoms with Crippen LogP contribution in [0.2, 0.25) is 0 Å². The minimum absolute atomic E-state index is 0.00328. The summed E-state index contributed by atoms with van der Waals surface area (Å²) in [5, 5.41) is 0. The second-order valence-electron chi connectivity index (χ2n) is 1.88. The monoisotopic (exact) mass is 381 g/mol. The van der Waals surface area contributed by atoms with Gasteiger partial charge in [0.2, 0.25) is 0 Å². The van der Waals surface area contributed by atoms with Crippen molar-refractivity contribution in [3.8, 4) is 0 Å². The third-order valence-corrected chi connectivity index (χ3v) is 4.58. The van der Waals surface area contributed by atoms with E-state index in [1.165, 1.54) is 12.3 Å². The van der Waals surface area contributed by atoms with Crippen LogP contribution in [0.5, 0.6) is 0 Å². The second kappa shape index (κ2) is 3.77. The second-order valence-corrected chi connectivity index (χ2v) is 6.32. The van der Waals surface area contributed by atoms with E-state index in [2.05, 4.69) is 20.9 Å². The maximum absolute atomic E-state index is 10.8. The molecule has 0 unspecified atom stereocenters. The van der Waals surface area contributed by atoms with E-state index < -0.39 is 9.05 Å². The molecule has 0 bridgehead atoms. The summed E-state index contributed by atoms with van der Waals surface area (Å²) in [7, 11) is 1.43. The number of rotatable bonds is 1. The van der Waals surface area contributed by atoms with Crippen LogP contribution in [0.3, 0.4) is 0 Å². The van der Waals surface area contributed by atoms with Gasteiger partial charge in [0.15, 0.2) is 0 Å². The normalized spacial score (nSPS) is 11.6. The van der Waals surface area contributed by atoms with Crippen LogP contribution in [0.4, 0.5) is 0 Å². The molecule has 0 aromatic carbocycles. The van der Waals surface area contributed by atoms with E-state index in [4.69, 9.17) is 10.7 Å². The molecule has 66 valence electrons. The van der Waals surface area contributed by atoms with Gasteiger partial charge in [0.05, 0.1) is 4.47 Å². The van der Waals surface area contributed by atoms with Crippen molar-refractivity contribution in [1.29, 1.82) is 0 Å². The van der Waals surface area contributed by atoms with Crippen LogP contribution in [0.1, 0.15) is 0 Å². The molecule has 12 heavy (non-hydrogen) atoms. The Kier molecular flexibility index (Phi) is 3.35. The minimum Gasteiger partial charge on any atom is -0.248 e. The van der Waals surface area contributed by atoms with Gasteiger partial charge >= 0.3 is 0 Å². The quantitative estimate of drug-likeness (QED) is 0.426. The molecule has 1 heterocycles. The molecule has 0 saturated heterocycles. The molecule has 0 N–H and O–H groups in total. The molecule has 7 heteroatoms.